The molecule has 0 amide bonds. The first kappa shape index (κ1) is 22.7. The maximum absolute atomic E-state index is 12.4. The molecule has 2 aromatic carbocycles. The molecule has 0 spiro atoms. The number of anilines is 2. The fourth-order valence-corrected chi connectivity index (χ4v) is 5.66. The maximum atomic E-state index is 12.4. The fraction of sp³-hybridized carbons (Fsp3) is 0.423. The lowest BCUT2D eigenvalue weighted by Gasteiger charge is -2.36. The topological polar surface area (TPSA) is 44.8 Å². The van der Waals surface area contributed by atoms with Crippen molar-refractivity contribution in [3.8, 4) is 0 Å². The molecule has 5 nitrogen and oxygen atoms in total. The van der Waals surface area contributed by atoms with Crippen molar-refractivity contribution in [2.75, 3.05) is 42.8 Å². The third-order valence-electron chi connectivity index (χ3n) is 6.35. The number of benzene rings is 2. The van der Waals surface area contributed by atoms with Crippen LogP contribution >= 0.6 is 11.8 Å². The Morgan fingerprint density at radius 1 is 1.25 bits per heavy atom. The van der Waals surface area contributed by atoms with Crippen LogP contribution in [0.3, 0.4) is 0 Å². The van der Waals surface area contributed by atoms with Crippen molar-refractivity contribution in [1.29, 1.82) is 0 Å². The van der Waals surface area contributed by atoms with E-state index in [4.69, 9.17) is 4.74 Å². The average molecular weight is 452 g/mol. The van der Waals surface area contributed by atoms with Crippen molar-refractivity contribution in [3.63, 3.8) is 0 Å². The Bertz CT molecular complexity index is 995. The molecular formula is C26H33N3O2S. The Kier molecular flexibility index (Phi) is 6.54. The van der Waals surface area contributed by atoms with E-state index in [1.54, 1.807) is 0 Å². The number of nitrogens with one attached hydrogen (secondary N) is 1. The summed E-state index contributed by atoms with van der Waals surface area (Å²) in [5, 5.41) is 3.64. The van der Waals surface area contributed by atoms with Crippen molar-refractivity contribution in [2.24, 2.45) is 0 Å². The number of esters is 1. The monoisotopic (exact) mass is 451 g/mol. The summed E-state index contributed by atoms with van der Waals surface area (Å²) in [6.07, 6.45) is 4.53. The zero-order valence-electron chi connectivity index (χ0n) is 19.6. The normalized spacial score (nSPS) is 21.7. The molecule has 2 atom stereocenters. The van der Waals surface area contributed by atoms with E-state index in [1.165, 1.54) is 22.5 Å². The van der Waals surface area contributed by atoms with Gasteiger partial charge in [-0.25, -0.2) is 4.79 Å². The van der Waals surface area contributed by atoms with E-state index in [0.29, 0.717) is 12.2 Å². The molecule has 1 unspecified atom stereocenters. The molecule has 2 aromatic rings. The van der Waals surface area contributed by atoms with E-state index in [2.05, 4.69) is 85.5 Å². The van der Waals surface area contributed by atoms with Crippen LogP contribution in [0.15, 0.2) is 48.5 Å². The number of rotatable bonds is 6. The van der Waals surface area contributed by atoms with Gasteiger partial charge < -0.3 is 14.5 Å². The molecule has 0 bridgehead atoms. The van der Waals surface area contributed by atoms with Gasteiger partial charge in [0.05, 0.1) is 18.2 Å². The second-order valence-electron chi connectivity index (χ2n) is 9.05. The molecule has 0 aliphatic carbocycles. The van der Waals surface area contributed by atoms with Crippen molar-refractivity contribution in [2.45, 2.75) is 37.7 Å². The minimum absolute atomic E-state index is 0.159. The quantitative estimate of drug-likeness (QED) is 0.641. The van der Waals surface area contributed by atoms with E-state index >= 15 is 0 Å². The molecule has 1 saturated heterocycles. The van der Waals surface area contributed by atoms with Crippen LogP contribution in [0, 0.1) is 0 Å². The Balaban J connectivity index is 1.70. The standard InChI is InChI=1S/C26H33N3O2S/c1-6-31-24(30)19-10-13-22-21(17-19)26(2,3)23(29(22)25-27-15-16-32-25)14-9-18-7-11-20(12-8-18)28(4)5/h7-14,17,23,25,27H,6,15-16H2,1-5H3/t23?,25-/m1/s1. The molecule has 4 rings (SSSR count). The summed E-state index contributed by atoms with van der Waals surface area (Å²) in [5.74, 6) is 0.839. The van der Waals surface area contributed by atoms with E-state index in [0.717, 1.165) is 12.3 Å². The van der Waals surface area contributed by atoms with Gasteiger partial charge in [-0.15, -0.1) is 11.8 Å². The molecular weight excluding hydrogens is 418 g/mol. The van der Waals surface area contributed by atoms with Gasteiger partial charge in [-0.1, -0.05) is 38.1 Å². The first-order chi connectivity index (χ1) is 15.3. The van der Waals surface area contributed by atoms with Gasteiger partial charge >= 0.3 is 5.97 Å². The minimum Gasteiger partial charge on any atom is -0.462 e. The summed E-state index contributed by atoms with van der Waals surface area (Å²) < 4.78 is 5.25. The lowest BCUT2D eigenvalue weighted by Crippen LogP contribution is -2.48. The molecule has 2 aliphatic heterocycles. The maximum Gasteiger partial charge on any atom is 0.338 e. The Labute approximate surface area is 195 Å². The van der Waals surface area contributed by atoms with Crippen LogP contribution in [0.25, 0.3) is 6.08 Å². The zero-order chi connectivity index (χ0) is 22.9. The number of ether oxygens (including phenoxy) is 1. The Hall–Kier alpha value is -2.44. The molecule has 0 radical (unpaired) electrons. The van der Waals surface area contributed by atoms with Crippen molar-refractivity contribution >= 4 is 35.2 Å². The van der Waals surface area contributed by atoms with Crippen LogP contribution in [-0.2, 0) is 10.2 Å². The summed E-state index contributed by atoms with van der Waals surface area (Å²) in [6, 6.07) is 14.8. The number of thioether (sulfide) groups is 1. The molecule has 1 N–H and O–H groups in total. The second kappa shape index (κ2) is 9.20. The van der Waals surface area contributed by atoms with Crippen LogP contribution in [0.4, 0.5) is 11.4 Å². The van der Waals surface area contributed by atoms with Gasteiger partial charge in [-0.2, -0.15) is 0 Å². The Morgan fingerprint density at radius 2 is 2.00 bits per heavy atom. The van der Waals surface area contributed by atoms with Crippen LogP contribution in [-0.4, -0.2) is 50.5 Å². The lowest BCUT2D eigenvalue weighted by atomic mass is 9.79. The second-order valence-corrected chi connectivity index (χ2v) is 10.2. The highest BCUT2D eigenvalue weighted by molar-refractivity contribution is 8.00. The van der Waals surface area contributed by atoms with Gasteiger partial charge in [0.15, 0.2) is 0 Å². The number of carbonyl (C=O) groups is 1. The van der Waals surface area contributed by atoms with Crippen molar-refractivity contribution < 1.29 is 9.53 Å². The Morgan fingerprint density at radius 3 is 2.62 bits per heavy atom. The van der Waals surface area contributed by atoms with Gasteiger partial charge in [-0.05, 0) is 48.4 Å². The first-order valence-corrected chi connectivity index (χ1v) is 12.3. The molecule has 170 valence electrons. The first-order valence-electron chi connectivity index (χ1n) is 11.2. The van der Waals surface area contributed by atoms with Gasteiger partial charge in [0.1, 0.15) is 5.50 Å². The van der Waals surface area contributed by atoms with E-state index in [-0.39, 0.29) is 22.9 Å². The summed E-state index contributed by atoms with van der Waals surface area (Å²) in [5.41, 5.74) is 5.42. The van der Waals surface area contributed by atoms with Gasteiger partial charge in [0.25, 0.3) is 0 Å². The highest BCUT2D eigenvalue weighted by atomic mass is 32.2. The third-order valence-corrected chi connectivity index (χ3v) is 7.50. The van der Waals surface area contributed by atoms with E-state index in [9.17, 15) is 4.79 Å². The van der Waals surface area contributed by atoms with Crippen LogP contribution in [0.5, 0.6) is 0 Å². The summed E-state index contributed by atoms with van der Waals surface area (Å²) >= 11 is 1.94. The van der Waals surface area contributed by atoms with Gasteiger partial charge in [0.2, 0.25) is 0 Å². The van der Waals surface area contributed by atoms with E-state index < -0.39 is 0 Å². The van der Waals surface area contributed by atoms with Gasteiger partial charge in [-0.3, -0.25) is 5.32 Å². The largest absolute Gasteiger partial charge is 0.462 e. The fourth-order valence-electron chi connectivity index (χ4n) is 4.56. The van der Waals surface area contributed by atoms with Gasteiger partial charge in [0, 0.05) is 43.2 Å². The number of hydrogen-bond acceptors (Lipinski definition) is 6. The van der Waals surface area contributed by atoms with Crippen LogP contribution < -0.4 is 15.1 Å². The number of fused-ring (bicyclic) bond motifs is 1. The molecule has 1 fully saturated rings. The average Bonchev–Trinajstić information content (AvgIpc) is 3.37. The number of nitrogens with zero attached hydrogens (tertiary/aromatic N) is 2. The summed E-state index contributed by atoms with van der Waals surface area (Å²) in [6.45, 7) is 7.76. The SMILES string of the molecule is CCOC(=O)c1ccc2c(c1)C(C)(C)C(C=Cc1ccc(N(C)C)cc1)N2[C@H]1NCCS1. The molecule has 2 aliphatic rings. The highest BCUT2D eigenvalue weighted by Gasteiger charge is 2.46. The smallest absolute Gasteiger partial charge is 0.338 e. The third kappa shape index (κ3) is 4.26. The van der Waals surface area contributed by atoms with Crippen molar-refractivity contribution in [1.82, 2.24) is 5.32 Å². The lowest BCUT2D eigenvalue weighted by molar-refractivity contribution is 0.0526. The van der Waals surface area contributed by atoms with Crippen LogP contribution in [0.2, 0.25) is 0 Å². The van der Waals surface area contributed by atoms with Crippen molar-refractivity contribution in [3.05, 3.63) is 65.2 Å². The number of carbonyl (C=O) groups excluding carboxylic acids is 1. The molecule has 32 heavy (non-hydrogen) atoms. The van der Waals surface area contributed by atoms with Crippen LogP contribution in [0.1, 0.15) is 42.3 Å². The zero-order valence-corrected chi connectivity index (χ0v) is 20.4. The molecule has 0 aromatic heterocycles. The predicted molar refractivity (Wildman–Crippen MR) is 136 cm³/mol. The molecule has 0 saturated carbocycles. The summed E-state index contributed by atoms with van der Waals surface area (Å²) in [7, 11) is 4.11. The summed E-state index contributed by atoms with van der Waals surface area (Å²) in [4.78, 5) is 17.0. The minimum atomic E-state index is -0.258. The predicted octanol–water partition coefficient (Wildman–Crippen LogP) is 4.73. The molecule has 6 heteroatoms. The molecule has 2 heterocycles. The number of hydrogen-bond donors (Lipinski definition) is 1. The highest BCUT2D eigenvalue weighted by Crippen LogP contribution is 2.48. The van der Waals surface area contributed by atoms with E-state index in [1.807, 2.05) is 30.8 Å².